The molecular formula is C19H20N4O2. The lowest BCUT2D eigenvalue weighted by atomic mass is 10.1. The zero-order valence-corrected chi connectivity index (χ0v) is 14.3. The zero-order chi connectivity index (χ0) is 17.2. The number of rotatable bonds is 4. The van der Waals surface area contributed by atoms with E-state index in [0.29, 0.717) is 37.5 Å². The SMILES string of the molecule is CC(C)C1COC(c2cccc(-c3cccc(C4=NCCO4)n3)n2)=N1. The van der Waals surface area contributed by atoms with E-state index < -0.39 is 0 Å². The monoisotopic (exact) mass is 336 g/mol. The minimum atomic E-state index is 0.194. The van der Waals surface area contributed by atoms with Crippen LogP contribution in [0.5, 0.6) is 0 Å². The van der Waals surface area contributed by atoms with Crippen molar-refractivity contribution < 1.29 is 9.47 Å². The van der Waals surface area contributed by atoms with Crippen LogP contribution in [0.2, 0.25) is 0 Å². The lowest BCUT2D eigenvalue weighted by Gasteiger charge is -2.06. The number of aromatic nitrogens is 2. The van der Waals surface area contributed by atoms with Crippen LogP contribution < -0.4 is 0 Å². The molecule has 0 amide bonds. The van der Waals surface area contributed by atoms with Crippen LogP contribution in [0.4, 0.5) is 0 Å². The van der Waals surface area contributed by atoms with Crippen molar-refractivity contribution in [1.82, 2.24) is 9.97 Å². The van der Waals surface area contributed by atoms with Crippen LogP contribution in [-0.2, 0) is 9.47 Å². The summed E-state index contributed by atoms with van der Waals surface area (Å²) in [7, 11) is 0. The van der Waals surface area contributed by atoms with Gasteiger partial charge < -0.3 is 9.47 Å². The lowest BCUT2D eigenvalue weighted by Crippen LogP contribution is -2.13. The van der Waals surface area contributed by atoms with Gasteiger partial charge in [0.1, 0.15) is 24.6 Å². The van der Waals surface area contributed by atoms with Gasteiger partial charge >= 0.3 is 0 Å². The Morgan fingerprint density at radius 1 is 0.880 bits per heavy atom. The quantitative estimate of drug-likeness (QED) is 0.861. The van der Waals surface area contributed by atoms with Gasteiger partial charge in [0.05, 0.1) is 24.0 Å². The summed E-state index contributed by atoms with van der Waals surface area (Å²) in [6.45, 7) is 6.21. The minimum Gasteiger partial charge on any atom is -0.474 e. The van der Waals surface area contributed by atoms with Gasteiger partial charge in [-0.1, -0.05) is 26.0 Å². The molecule has 0 aromatic carbocycles. The fourth-order valence-corrected chi connectivity index (χ4v) is 2.75. The summed E-state index contributed by atoms with van der Waals surface area (Å²) < 4.78 is 11.2. The van der Waals surface area contributed by atoms with Crippen molar-refractivity contribution in [3.8, 4) is 11.4 Å². The van der Waals surface area contributed by atoms with Crippen molar-refractivity contribution in [2.75, 3.05) is 19.8 Å². The molecule has 0 N–H and O–H groups in total. The number of ether oxygens (including phenoxy) is 2. The average molecular weight is 336 g/mol. The van der Waals surface area contributed by atoms with Crippen LogP contribution in [0, 0.1) is 5.92 Å². The predicted octanol–water partition coefficient (Wildman–Crippen LogP) is 2.72. The van der Waals surface area contributed by atoms with Crippen LogP contribution in [0.3, 0.4) is 0 Å². The van der Waals surface area contributed by atoms with Crippen LogP contribution in [0.1, 0.15) is 25.2 Å². The van der Waals surface area contributed by atoms with Crippen molar-refractivity contribution >= 4 is 11.8 Å². The van der Waals surface area contributed by atoms with Gasteiger partial charge in [0, 0.05) is 0 Å². The predicted molar refractivity (Wildman–Crippen MR) is 95.9 cm³/mol. The molecule has 2 aromatic rings. The van der Waals surface area contributed by atoms with Crippen molar-refractivity contribution in [2.45, 2.75) is 19.9 Å². The van der Waals surface area contributed by atoms with Gasteiger partial charge in [-0.3, -0.25) is 0 Å². The number of hydrogen-bond donors (Lipinski definition) is 0. The van der Waals surface area contributed by atoms with E-state index in [-0.39, 0.29) is 6.04 Å². The molecule has 6 nitrogen and oxygen atoms in total. The normalized spacial score (nSPS) is 19.4. The minimum absolute atomic E-state index is 0.194. The molecule has 128 valence electrons. The van der Waals surface area contributed by atoms with Gasteiger partial charge in [0.15, 0.2) is 0 Å². The van der Waals surface area contributed by atoms with Crippen LogP contribution in [0.15, 0.2) is 46.4 Å². The third kappa shape index (κ3) is 3.24. The van der Waals surface area contributed by atoms with Gasteiger partial charge in [-0.05, 0) is 30.2 Å². The highest BCUT2D eigenvalue weighted by Crippen LogP contribution is 2.20. The second-order valence-electron chi connectivity index (χ2n) is 6.41. The molecule has 0 bridgehead atoms. The first-order valence-electron chi connectivity index (χ1n) is 8.54. The van der Waals surface area contributed by atoms with Gasteiger partial charge in [-0.25, -0.2) is 20.0 Å². The third-order valence-corrected chi connectivity index (χ3v) is 4.23. The fraction of sp³-hybridized carbons (Fsp3) is 0.368. The van der Waals surface area contributed by atoms with E-state index in [9.17, 15) is 0 Å². The first-order valence-corrected chi connectivity index (χ1v) is 8.54. The fourth-order valence-electron chi connectivity index (χ4n) is 2.75. The van der Waals surface area contributed by atoms with Gasteiger partial charge in [-0.2, -0.15) is 0 Å². The third-order valence-electron chi connectivity index (χ3n) is 4.23. The summed E-state index contributed by atoms with van der Waals surface area (Å²) in [6, 6.07) is 11.8. The number of nitrogens with zero attached hydrogens (tertiary/aromatic N) is 4. The van der Waals surface area contributed by atoms with E-state index in [4.69, 9.17) is 9.47 Å². The van der Waals surface area contributed by atoms with Crippen molar-refractivity contribution in [3.63, 3.8) is 0 Å². The maximum absolute atomic E-state index is 5.74. The second kappa shape index (κ2) is 6.63. The Bertz CT molecular complexity index is 845. The van der Waals surface area contributed by atoms with E-state index >= 15 is 0 Å². The summed E-state index contributed by atoms with van der Waals surface area (Å²) >= 11 is 0. The molecule has 0 aliphatic carbocycles. The highest BCUT2D eigenvalue weighted by molar-refractivity contribution is 5.94. The van der Waals surface area contributed by atoms with Crippen molar-refractivity contribution in [2.24, 2.45) is 15.9 Å². The Labute approximate surface area is 146 Å². The first-order chi connectivity index (χ1) is 12.2. The molecular weight excluding hydrogens is 316 g/mol. The van der Waals surface area contributed by atoms with E-state index in [1.165, 1.54) is 0 Å². The average Bonchev–Trinajstić information content (AvgIpc) is 3.34. The largest absolute Gasteiger partial charge is 0.474 e. The maximum atomic E-state index is 5.74. The second-order valence-corrected chi connectivity index (χ2v) is 6.41. The zero-order valence-electron chi connectivity index (χ0n) is 14.3. The molecule has 0 saturated heterocycles. The Hall–Kier alpha value is -2.76. The molecule has 1 atom stereocenters. The van der Waals surface area contributed by atoms with Crippen LogP contribution >= 0.6 is 0 Å². The molecule has 0 saturated carbocycles. The molecule has 0 fully saturated rings. The molecule has 6 heteroatoms. The number of hydrogen-bond acceptors (Lipinski definition) is 6. The summed E-state index contributed by atoms with van der Waals surface area (Å²) in [5.41, 5.74) is 3.02. The topological polar surface area (TPSA) is 69.0 Å². The molecule has 4 heterocycles. The summed E-state index contributed by atoms with van der Waals surface area (Å²) in [4.78, 5) is 18.3. The molecule has 0 radical (unpaired) electrons. The van der Waals surface area contributed by atoms with Gasteiger partial charge in [0.25, 0.3) is 0 Å². The van der Waals surface area contributed by atoms with Gasteiger partial charge in [-0.15, -0.1) is 0 Å². The van der Waals surface area contributed by atoms with E-state index in [1.807, 2.05) is 36.4 Å². The summed E-state index contributed by atoms with van der Waals surface area (Å²) in [5, 5.41) is 0. The molecule has 2 aliphatic rings. The summed E-state index contributed by atoms with van der Waals surface area (Å²) in [5.74, 6) is 1.66. The lowest BCUT2D eigenvalue weighted by molar-refractivity contribution is 0.291. The van der Waals surface area contributed by atoms with E-state index in [1.54, 1.807) is 0 Å². The van der Waals surface area contributed by atoms with Gasteiger partial charge in [0.2, 0.25) is 11.8 Å². The molecule has 0 spiro atoms. The van der Waals surface area contributed by atoms with Crippen molar-refractivity contribution in [3.05, 3.63) is 47.8 Å². The Morgan fingerprint density at radius 2 is 1.52 bits per heavy atom. The molecule has 25 heavy (non-hydrogen) atoms. The highest BCUT2D eigenvalue weighted by Gasteiger charge is 2.23. The maximum Gasteiger partial charge on any atom is 0.235 e. The van der Waals surface area contributed by atoms with Crippen LogP contribution in [-0.4, -0.2) is 47.6 Å². The molecule has 1 unspecified atom stereocenters. The smallest absolute Gasteiger partial charge is 0.235 e. The Morgan fingerprint density at radius 3 is 2.08 bits per heavy atom. The number of pyridine rings is 2. The molecule has 4 rings (SSSR count). The molecule has 2 aromatic heterocycles. The highest BCUT2D eigenvalue weighted by atomic mass is 16.5. The Balaban J connectivity index is 1.64. The Kier molecular flexibility index (Phi) is 4.17. The first kappa shape index (κ1) is 15.7. The standard InChI is InChI=1S/C19H20N4O2/c1-12(2)17-11-25-19(23-17)16-8-4-6-14(22-16)13-5-3-7-15(21-13)18-20-9-10-24-18/h3-8,12,17H,9-11H2,1-2H3. The van der Waals surface area contributed by atoms with Crippen LogP contribution in [0.25, 0.3) is 11.4 Å². The molecule has 2 aliphatic heterocycles. The van der Waals surface area contributed by atoms with E-state index in [0.717, 1.165) is 22.8 Å². The van der Waals surface area contributed by atoms with E-state index in [2.05, 4.69) is 33.8 Å². The number of aliphatic imine (C=N–C) groups is 2. The summed E-state index contributed by atoms with van der Waals surface area (Å²) in [6.07, 6.45) is 0. The van der Waals surface area contributed by atoms with Crippen molar-refractivity contribution in [1.29, 1.82) is 0 Å².